The summed E-state index contributed by atoms with van der Waals surface area (Å²) in [6.45, 7) is 2.09. The lowest BCUT2D eigenvalue weighted by atomic mass is 9.96. The van der Waals surface area contributed by atoms with E-state index in [9.17, 15) is 36.1 Å². The van der Waals surface area contributed by atoms with Gasteiger partial charge in [0.25, 0.3) is 15.7 Å². The van der Waals surface area contributed by atoms with E-state index in [1.54, 1.807) is 55.5 Å². The fourth-order valence-electron chi connectivity index (χ4n) is 5.54. The molecule has 0 saturated carbocycles. The zero-order valence-corrected chi connectivity index (χ0v) is 25.9. The number of nitrogens with zero attached hydrogens (tertiary/aromatic N) is 1. The first-order valence-electron chi connectivity index (χ1n) is 14.0. The molecule has 0 fully saturated rings. The maximum Gasteiger partial charge on any atom is 0.296 e. The number of aliphatic hydroxyl groups is 1. The van der Waals surface area contributed by atoms with Gasteiger partial charge in [-0.2, -0.15) is 8.42 Å². The van der Waals surface area contributed by atoms with E-state index in [0.717, 1.165) is 6.07 Å². The lowest BCUT2D eigenvalue weighted by Crippen LogP contribution is -2.33. The number of ether oxygens (including phenoxy) is 1. The van der Waals surface area contributed by atoms with Crippen molar-refractivity contribution in [1.82, 2.24) is 4.98 Å². The summed E-state index contributed by atoms with van der Waals surface area (Å²) in [6, 6.07) is 21.2. The highest BCUT2D eigenvalue weighted by Gasteiger charge is 2.25. The number of hydrogen-bond donors (Lipinski definition) is 3. The Labute approximate surface area is 262 Å². The Hall–Kier alpha value is -4.95. The van der Waals surface area contributed by atoms with Gasteiger partial charge in [0.15, 0.2) is 15.3 Å². The number of hydrogen-bond acceptors (Lipinski definition) is 10. The van der Waals surface area contributed by atoms with Crippen molar-refractivity contribution >= 4 is 58.8 Å². The first-order valence-corrected chi connectivity index (χ1v) is 17.1. The van der Waals surface area contributed by atoms with Gasteiger partial charge in [-0.05, 0) is 36.6 Å². The normalized spacial score (nSPS) is 13.0. The van der Waals surface area contributed by atoms with Crippen LogP contribution in [0.1, 0.15) is 12.5 Å². The average molecular weight is 659 g/mol. The third-order valence-electron chi connectivity index (χ3n) is 7.59. The largest absolute Gasteiger partial charge is 0.506 e. The summed E-state index contributed by atoms with van der Waals surface area (Å²) in [5, 5.41) is 14.4. The van der Waals surface area contributed by atoms with Crippen molar-refractivity contribution < 1.29 is 31.2 Å². The minimum atomic E-state index is -5.03. The molecule has 0 unspecified atom stereocenters. The fourth-order valence-corrected chi connectivity index (χ4v) is 7.36. The van der Waals surface area contributed by atoms with Gasteiger partial charge in [-0.3, -0.25) is 14.1 Å². The molecule has 2 aliphatic rings. The number of fused-ring (bicyclic) bond motifs is 2. The van der Waals surface area contributed by atoms with Crippen LogP contribution in [-0.2, 0) is 24.7 Å². The number of nitrogens with one attached hydrogen (secondary N) is 1. The predicted octanol–water partition coefficient (Wildman–Crippen LogP) is 3.50. The molecule has 234 valence electrons. The Morgan fingerprint density at radius 2 is 1.57 bits per heavy atom. The topological polar surface area (TPSA) is 177 Å². The second kappa shape index (κ2) is 11.8. The van der Waals surface area contributed by atoms with Crippen molar-refractivity contribution in [2.45, 2.75) is 16.7 Å². The van der Waals surface area contributed by atoms with E-state index in [4.69, 9.17) is 4.74 Å². The maximum atomic E-state index is 14.1. The van der Waals surface area contributed by atoms with Crippen LogP contribution < -0.4 is 21.5 Å². The van der Waals surface area contributed by atoms with Crippen molar-refractivity contribution in [3.8, 4) is 0 Å². The van der Waals surface area contributed by atoms with E-state index < -0.39 is 47.1 Å². The lowest BCUT2D eigenvalue weighted by molar-refractivity contribution is 0.163. The van der Waals surface area contributed by atoms with Gasteiger partial charge in [0.2, 0.25) is 0 Å². The maximum absolute atomic E-state index is 14.1. The van der Waals surface area contributed by atoms with Crippen LogP contribution in [0.4, 0.5) is 11.4 Å². The second-order valence-corrected chi connectivity index (χ2v) is 13.9. The predicted molar refractivity (Wildman–Crippen MR) is 173 cm³/mol. The highest BCUT2D eigenvalue weighted by Crippen LogP contribution is 2.32. The summed E-state index contributed by atoms with van der Waals surface area (Å²) < 4.78 is 66.8. The zero-order chi connectivity index (χ0) is 32.8. The number of rotatable bonds is 9. The highest BCUT2D eigenvalue weighted by atomic mass is 32.2. The van der Waals surface area contributed by atoms with Crippen LogP contribution in [-0.4, -0.2) is 50.4 Å². The Bertz CT molecular complexity index is 2610. The summed E-state index contributed by atoms with van der Waals surface area (Å²) in [7, 11) is -8.80. The van der Waals surface area contributed by atoms with E-state index in [0.29, 0.717) is 6.61 Å². The Balaban J connectivity index is 1.76. The molecule has 0 saturated heterocycles. The lowest BCUT2D eigenvalue weighted by Gasteiger charge is -2.15. The van der Waals surface area contributed by atoms with Crippen molar-refractivity contribution in [3.05, 3.63) is 127 Å². The van der Waals surface area contributed by atoms with Crippen LogP contribution in [0.2, 0.25) is 0 Å². The van der Waals surface area contributed by atoms with E-state index in [1.165, 1.54) is 30.3 Å². The Morgan fingerprint density at radius 1 is 0.870 bits per heavy atom. The van der Waals surface area contributed by atoms with Gasteiger partial charge < -0.3 is 15.2 Å². The van der Waals surface area contributed by atoms with Crippen molar-refractivity contribution in [3.63, 3.8) is 0 Å². The van der Waals surface area contributed by atoms with Crippen LogP contribution in [0, 0.1) is 10.4 Å². The molecule has 0 atom stereocenters. The van der Waals surface area contributed by atoms with E-state index >= 15 is 0 Å². The van der Waals surface area contributed by atoms with Crippen LogP contribution in [0.15, 0.2) is 104 Å². The third kappa shape index (κ3) is 5.43. The Kier molecular flexibility index (Phi) is 7.94. The van der Waals surface area contributed by atoms with Gasteiger partial charge in [0, 0.05) is 33.7 Å². The summed E-state index contributed by atoms with van der Waals surface area (Å²) in [4.78, 5) is 30.9. The van der Waals surface area contributed by atoms with Crippen molar-refractivity contribution in [2.24, 2.45) is 0 Å². The van der Waals surface area contributed by atoms with E-state index in [1.807, 2.05) is 0 Å². The van der Waals surface area contributed by atoms with E-state index in [2.05, 4.69) is 10.3 Å². The SMILES string of the molecule is CCOCCS(=O)(=O)c1cccc(Nc2cc(S(=O)(=O)O)c3nc(=O)c(=C(O)c4ccccc4)c4c5ccccc5c(=O)c2c3=4)c1. The molecule has 11 nitrogen and oxygen atoms in total. The number of aromatic nitrogens is 1. The molecular weight excluding hydrogens is 633 g/mol. The summed E-state index contributed by atoms with van der Waals surface area (Å²) in [5.41, 5.74) is -1.62. The molecule has 0 radical (unpaired) electrons. The molecule has 6 rings (SSSR count). The van der Waals surface area contributed by atoms with Gasteiger partial charge >= 0.3 is 0 Å². The van der Waals surface area contributed by atoms with E-state index in [-0.39, 0.29) is 66.0 Å². The van der Waals surface area contributed by atoms with Gasteiger partial charge in [-0.15, -0.1) is 0 Å². The van der Waals surface area contributed by atoms with Gasteiger partial charge in [-0.1, -0.05) is 60.7 Å². The van der Waals surface area contributed by atoms with Gasteiger partial charge in [0.1, 0.15) is 10.7 Å². The van der Waals surface area contributed by atoms with Crippen molar-refractivity contribution in [1.29, 1.82) is 0 Å². The summed E-state index contributed by atoms with van der Waals surface area (Å²) >= 11 is 0. The average Bonchev–Trinajstić information content (AvgIpc) is 3.03. The van der Waals surface area contributed by atoms with Crippen molar-refractivity contribution in [2.75, 3.05) is 24.3 Å². The number of sulfone groups is 1. The highest BCUT2D eigenvalue weighted by molar-refractivity contribution is 7.91. The molecule has 0 amide bonds. The van der Waals surface area contributed by atoms with Gasteiger partial charge in [0.05, 0.1) is 39.1 Å². The molecule has 3 N–H and O–H groups in total. The molecule has 4 aromatic carbocycles. The minimum absolute atomic E-state index is 0.0103. The first kappa shape index (κ1) is 31.0. The molecule has 1 aliphatic carbocycles. The summed E-state index contributed by atoms with van der Waals surface area (Å²) in [6.07, 6.45) is 0. The third-order valence-corrected chi connectivity index (χ3v) is 10.1. The van der Waals surface area contributed by atoms with Crippen LogP contribution >= 0.6 is 0 Å². The second-order valence-electron chi connectivity index (χ2n) is 10.4. The van der Waals surface area contributed by atoms with Gasteiger partial charge in [-0.25, -0.2) is 13.4 Å². The molecule has 1 heterocycles. The van der Waals surface area contributed by atoms with Crippen LogP contribution in [0.3, 0.4) is 0 Å². The smallest absolute Gasteiger partial charge is 0.296 e. The molecule has 46 heavy (non-hydrogen) atoms. The summed E-state index contributed by atoms with van der Waals surface area (Å²) in [5.74, 6) is -0.716. The molecule has 4 aromatic rings. The number of anilines is 2. The number of aliphatic hydroxyl groups excluding tert-OH is 1. The minimum Gasteiger partial charge on any atom is -0.506 e. The molecule has 0 aromatic heterocycles. The number of benzene rings is 4. The fraction of sp³-hybridized carbons (Fsp3) is 0.121. The monoisotopic (exact) mass is 658 g/mol. The zero-order valence-electron chi connectivity index (χ0n) is 24.2. The standard InChI is InChI=1S/C33H26N2O9S2/c1-2-44-15-16-45(39,40)21-12-8-11-20(17-21)34-24-18-25(46(41,42)43)30-28-26(22-13-6-7-14-23(22)32(37)27(24)28)29(33(38)35-30)31(36)19-9-4-3-5-10-19/h3-14,17-18,34,36H,2,15-16H2,1H3,(H,41,42,43). The molecule has 13 heteroatoms. The molecule has 0 spiro atoms. The molecular formula is C33H26N2O9S2. The molecule has 1 aliphatic heterocycles. The molecule has 0 bridgehead atoms. The van der Waals surface area contributed by atoms with Crippen LogP contribution in [0.25, 0.3) is 27.4 Å². The first-order chi connectivity index (χ1) is 21.9. The van der Waals surface area contributed by atoms with Crippen LogP contribution in [0.5, 0.6) is 0 Å². The quantitative estimate of drug-likeness (QED) is 0.153. The Morgan fingerprint density at radius 3 is 2.26 bits per heavy atom.